The maximum absolute atomic E-state index is 11.7. The van der Waals surface area contributed by atoms with Crippen LogP contribution in [-0.2, 0) is 6.42 Å². The van der Waals surface area contributed by atoms with Gasteiger partial charge in [0.05, 0.1) is 11.3 Å². The van der Waals surface area contributed by atoms with Gasteiger partial charge in [-0.25, -0.2) is 9.97 Å². The Kier molecular flexibility index (Phi) is 2.89. The molecule has 90 valence electrons. The van der Waals surface area contributed by atoms with E-state index in [1.807, 2.05) is 0 Å². The quantitative estimate of drug-likeness (QED) is 0.795. The van der Waals surface area contributed by atoms with Gasteiger partial charge in [0.1, 0.15) is 5.82 Å². The van der Waals surface area contributed by atoms with E-state index in [9.17, 15) is 4.79 Å². The van der Waals surface area contributed by atoms with Gasteiger partial charge in [0.25, 0.3) is 0 Å². The SMILES string of the molecule is O=C1CCCc2nc([C@H]3CCCNC3)ncc21. The number of aryl methyl sites for hydroxylation is 1. The van der Waals surface area contributed by atoms with Crippen molar-refractivity contribution in [2.45, 2.75) is 38.0 Å². The average Bonchev–Trinajstić information content (AvgIpc) is 2.40. The van der Waals surface area contributed by atoms with Gasteiger partial charge in [-0.2, -0.15) is 0 Å². The molecule has 0 saturated carbocycles. The summed E-state index contributed by atoms with van der Waals surface area (Å²) in [6.45, 7) is 2.06. The number of carbonyl (C=O) groups excluding carboxylic acids is 1. The molecule has 1 aromatic rings. The number of carbonyl (C=O) groups is 1. The molecule has 0 aromatic carbocycles. The Hall–Kier alpha value is -1.29. The maximum atomic E-state index is 11.7. The van der Waals surface area contributed by atoms with Crippen LogP contribution in [0.15, 0.2) is 6.20 Å². The van der Waals surface area contributed by atoms with E-state index < -0.39 is 0 Å². The molecule has 4 heteroatoms. The summed E-state index contributed by atoms with van der Waals surface area (Å²) in [6.07, 6.45) is 6.60. The molecule has 1 atom stereocenters. The number of piperidine rings is 1. The standard InChI is InChI=1S/C13H17N3O/c17-12-5-1-4-11-10(12)8-15-13(16-11)9-3-2-6-14-7-9/h8-9,14H,1-7H2/t9-/m0/s1. The first-order valence-corrected chi connectivity index (χ1v) is 6.44. The first kappa shape index (κ1) is 10.8. The van der Waals surface area contributed by atoms with Gasteiger partial charge in [0.2, 0.25) is 0 Å². The lowest BCUT2D eigenvalue weighted by molar-refractivity contribution is 0.0971. The predicted octanol–water partition coefficient (Wildman–Crippen LogP) is 1.46. The van der Waals surface area contributed by atoms with Crippen LogP contribution in [0, 0.1) is 0 Å². The number of ketones is 1. The minimum Gasteiger partial charge on any atom is -0.316 e. The molecule has 1 N–H and O–H groups in total. The zero-order valence-corrected chi connectivity index (χ0v) is 9.91. The Morgan fingerprint density at radius 2 is 2.24 bits per heavy atom. The lowest BCUT2D eigenvalue weighted by Gasteiger charge is -2.22. The normalized spacial score (nSPS) is 24.5. The van der Waals surface area contributed by atoms with Gasteiger partial charge in [0.15, 0.2) is 5.78 Å². The lowest BCUT2D eigenvalue weighted by atomic mass is 9.94. The maximum Gasteiger partial charge on any atom is 0.166 e. The van der Waals surface area contributed by atoms with E-state index in [-0.39, 0.29) is 5.78 Å². The highest BCUT2D eigenvalue weighted by molar-refractivity contribution is 5.97. The number of hydrogen-bond acceptors (Lipinski definition) is 4. The minimum absolute atomic E-state index is 0.208. The lowest BCUT2D eigenvalue weighted by Crippen LogP contribution is -2.30. The molecular formula is C13H17N3O. The van der Waals surface area contributed by atoms with E-state index in [1.54, 1.807) is 6.20 Å². The summed E-state index contributed by atoms with van der Waals surface area (Å²) in [5, 5.41) is 3.38. The number of nitrogens with zero attached hydrogens (tertiary/aromatic N) is 2. The summed E-state index contributed by atoms with van der Waals surface area (Å²) in [7, 11) is 0. The van der Waals surface area contributed by atoms with Crippen molar-refractivity contribution in [1.29, 1.82) is 0 Å². The molecule has 3 rings (SSSR count). The summed E-state index contributed by atoms with van der Waals surface area (Å²) in [5.41, 5.74) is 1.72. The Labute approximate surface area is 101 Å². The van der Waals surface area contributed by atoms with Crippen molar-refractivity contribution in [2.24, 2.45) is 0 Å². The predicted molar refractivity (Wildman–Crippen MR) is 64.1 cm³/mol. The van der Waals surface area contributed by atoms with Crippen LogP contribution in [-0.4, -0.2) is 28.8 Å². The zero-order valence-electron chi connectivity index (χ0n) is 9.91. The number of Topliss-reactive ketones (excluding diaryl/α,β-unsaturated/α-hetero) is 1. The molecule has 1 saturated heterocycles. The van der Waals surface area contributed by atoms with Crippen LogP contribution in [0.25, 0.3) is 0 Å². The molecule has 0 unspecified atom stereocenters. The molecule has 17 heavy (non-hydrogen) atoms. The van der Waals surface area contributed by atoms with Crippen molar-refractivity contribution >= 4 is 5.78 Å². The Morgan fingerprint density at radius 1 is 1.29 bits per heavy atom. The van der Waals surface area contributed by atoms with Gasteiger partial charge >= 0.3 is 0 Å². The third kappa shape index (κ3) is 2.09. The third-order valence-electron chi connectivity index (χ3n) is 3.67. The Morgan fingerprint density at radius 3 is 3.06 bits per heavy atom. The molecular weight excluding hydrogens is 214 g/mol. The van der Waals surface area contributed by atoms with Gasteiger partial charge in [-0.15, -0.1) is 0 Å². The van der Waals surface area contributed by atoms with E-state index in [2.05, 4.69) is 15.3 Å². The molecule has 4 nitrogen and oxygen atoms in total. The van der Waals surface area contributed by atoms with Crippen LogP contribution in [0.2, 0.25) is 0 Å². The van der Waals surface area contributed by atoms with Crippen LogP contribution in [0.1, 0.15) is 53.5 Å². The second kappa shape index (κ2) is 4.53. The fourth-order valence-electron chi connectivity index (χ4n) is 2.68. The highest BCUT2D eigenvalue weighted by Crippen LogP contribution is 2.24. The van der Waals surface area contributed by atoms with E-state index in [4.69, 9.17) is 0 Å². The summed E-state index contributed by atoms with van der Waals surface area (Å²) >= 11 is 0. The van der Waals surface area contributed by atoms with Crippen LogP contribution >= 0.6 is 0 Å². The molecule has 0 radical (unpaired) electrons. The first-order chi connectivity index (χ1) is 8.34. The van der Waals surface area contributed by atoms with Crippen molar-refractivity contribution in [3.63, 3.8) is 0 Å². The van der Waals surface area contributed by atoms with Crippen LogP contribution in [0.5, 0.6) is 0 Å². The second-order valence-electron chi connectivity index (χ2n) is 4.91. The summed E-state index contributed by atoms with van der Waals surface area (Å²) in [5.74, 6) is 1.55. The summed E-state index contributed by atoms with van der Waals surface area (Å²) < 4.78 is 0. The van der Waals surface area contributed by atoms with E-state index in [0.29, 0.717) is 12.3 Å². The van der Waals surface area contributed by atoms with Crippen LogP contribution in [0.3, 0.4) is 0 Å². The highest BCUT2D eigenvalue weighted by Gasteiger charge is 2.23. The van der Waals surface area contributed by atoms with E-state index in [0.717, 1.165) is 49.4 Å². The van der Waals surface area contributed by atoms with Gasteiger partial charge in [0, 0.05) is 25.1 Å². The summed E-state index contributed by atoms with van der Waals surface area (Å²) in [6, 6.07) is 0. The van der Waals surface area contributed by atoms with Gasteiger partial charge in [-0.05, 0) is 32.2 Å². The third-order valence-corrected chi connectivity index (χ3v) is 3.67. The van der Waals surface area contributed by atoms with Crippen molar-refractivity contribution in [2.75, 3.05) is 13.1 Å². The molecule has 1 aliphatic heterocycles. The minimum atomic E-state index is 0.208. The van der Waals surface area contributed by atoms with Crippen molar-refractivity contribution in [3.8, 4) is 0 Å². The van der Waals surface area contributed by atoms with Gasteiger partial charge in [-0.3, -0.25) is 4.79 Å². The molecule has 1 fully saturated rings. The Bertz CT molecular complexity index is 438. The molecule has 2 aliphatic rings. The summed E-state index contributed by atoms with van der Waals surface area (Å²) in [4.78, 5) is 20.7. The Balaban J connectivity index is 1.89. The van der Waals surface area contributed by atoms with Crippen molar-refractivity contribution in [1.82, 2.24) is 15.3 Å². The molecule has 2 heterocycles. The number of fused-ring (bicyclic) bond motifs is 1. The average molecular weight is 231 g/mol. The molecule has 0 amide bonds. The zero-order chi connectivity index (χ0) is 11.7. The molecule has 0 bridgehead atoms. The molecule has 0 spiro atoms. The largest absolute Gasteiger partial charge is 0.316 e. The van der Waals surface area contributed by atoms with Crippen molar-refractivity contribution in [3.05, 3.63) is 23.3 Å². The van der Waals surface area contributed by atoms with Crippen molar-refractivity contribution < 1.29 is 4.79 Å². The van der Waals surface area contributed by atoms with Gasteiger partial charge in [-0.1, -0.05) is 0 Å². The number of hydrogen-bond donors (Lipinski definition) is 1. The van der Waals surface area contributed by atoms with E-state index in [1.165, 1.54) is 6.42 Å². The fourth-order valence-corrected chi connectivity index (χ4v) is 2.68. The van der Waals surface area contributed by atoms with Crippen LogP contribution in [0.4, 0.5) is 0 Å². The number of nitrogens with one attached hydrogen (secondary N) is 1. The second-order valence-corrected chi connectivity index (χ2v) is 4.91. The number of rotatable bonds is 1. The van der Waals surface area contributed by atoms with Gasteiger partial charge < -0.3 is 5.32 Å². The topological polar surface area (TPSA) is 54.9 Å². The van der Waals surface area contributed by atoms with E-state index >= 15 is 0 Å². The smallest absolute Gasteiger partial charge is 0.166 e. The number of aromatic nitrogens is 2. The van der Waals surface area contributed by atoms with Crippen LogP contribution < -0.4 is 5.32 Å². The fraction of sp³-hybridized carbons (Fsp3) is 0.615. The monoisotopic (exact) mass is 231 g/mol. The molecule has 1 aliphatic carbocycles. The highest BCUT2D eigenvalue weighted by atomic mass is 16.1. The first-order valence-electron chi connectivity index (χ1n) is 6.44. The molecule has 1 aromatic heterocycles.